The third-order valence-corrected chi connectivity index (χ3v) is 5.69. The molecule has 0 atom stereocenters. The zero-order chi connectivity index (χ0) is 23.4. The molecule has 33 heavy (non-hydrogen) atoms. The monoisotopic (exact) mass is 451 g/mol. The summed E-state index contributed by atoms with van der Waals surface area (Å²) in [5, 5.41) is 2.68. The minimum absolute atomic E-state index is 0.00491. The first kappa shape index (κ1) is 22.3. The average Bonchev–Trinajstić information content (AvgIpc) is 2.83. The number of benzene rings is 2. The fourth-order valence-corrected chi connectivity index (χ4v) is 3.83. The summed E-state index contributed by atoms with van der Waals surface area (Å²) in [6.45, 7) is 1.13. The van der Waals surface area contributed by atoms with Crippen LogP contribution < -0.4 is 5.32 Å². The molecule has 3 aromatic rings. The molecule has 0 unspecified atom stereocenters. The molecular formula is C24H23F2N5O2. The lowest BCUT2D eigenvalue weighted by atomic mass is 10.0. The number of nitrogens with one attached hydrogen (secondary N) is 1. The quantitative estimate of drug-likeness (QED) is 0.645. The lowest BCUT2D eigenvalue weighted by molar-refractivity contribution is 0.0671. The molecule has 1 aliphatic rings. The van der Waals surface area contributed by atoms with E-state index in [0.717, 1.165) is 18.2 Å². The van der Waals surface area contributed by atoms with Gasteiger partial charge in [-0.1, -0.05) is 18.2 Å². The Morgan fingerprint density at radius 2 is 1.67 bits per heavy atom. The fourth-order valence-electron chi connectivity index (χ4n) is 3.83. The zero-order valence-electron chi connectivity index (χ0n) is 18.0. The predicted octanol–water partition coefficient (Wildman–Crippen LogP) is 4.19. The fraction of sp³-hybridized carbons (Fsp3) is 0.250. The Labute approximate surface area is 190 Å². The number of halogens is 2. The number of likely N-dealkylation sites (tertiary alicyclic amines) is 1. The van der Waals surface area contributed by atoms with Crippen molar-refractivity contribution in [1.82, 2.24) is 19.8 Å². The van der Waals surface area contributed by atoms with Crippen molar-refractivity contribution in [3.63, 3.8) is 0 Å². The van der Waals surface area contributed by atoms with Crippen LogP contribution in [-0.2, 0) is 0 Å². The van der Waals surface area contributed by atoms with E-state index < -0.39 is 11.6 Å². The largest absolute Gasteiger partial charge is 0.338 e. The van der Waals surface area contributed by atoms with Gasteiger partial charge in [0.1, 0.15) is 11.6 Å². The Balaban J connectivity index is 1.32. The summed E-state index contributed by atoms with van der Waals surface area (Å²) in [5.74, 6) is -1.19. The first-order valence-electron chi connectivity index (χ1n) is 10.6. The Hall–Kier alpha value is -3.88. The molecule has 7 nitrogen and oxygen atoms in total. The second kappa shape index (κ2) is 9.72. The second-order valence-corrected chi connectivity index (χ2v) is 7.88. The van der Waals surface area contributed by atoms with E-state index in [1.807, 2.05) is 18.2 Å². The molecule has 3 amide bonds. The molecule has 1 aliphatic heterocycles. The van der Waals surface area contributed by atoms with Crippen LogP contribution in [0.25, 0.3) is 11.3 Å². The summed E-state index contributed by atoms with van der Waals surface area (Å²) < 4.78 is 26.8. The summed E-state index contributed by atoms with van der Waals surface area (Å²) in [4.78, 5) is 36.9. The molecule has 2 heterocycles. The first-order valence-corrected chi connectivity index (χ1v) is 10.6. The van der Waals surface area contributed by atoms with Gasteiger partial charge in [-0.3, -0.25) is 15.1 Å². The predicted molar refractivity (Wildman–Crippen MR) is 120 cm³/mol. The van der Waals surface area contributed by atoms with E-state index in [1.165, 1.54) is 12.4 Å². The van der Waals surface area contributed by atoms with Crippen LogP contribution in [0.5, 0.6) is 0 Å². The van der Waals surface area contributed by atoms with Gasteiger partial charge in [0.2, 0.25) is 0 Å². The molecule has 1 saturated heterocycles. The Bertz CT molecular complexity index is 1110. The van der Waals surface area contributed by atoms with Crippen LogP contribution in [0.4, 0.5) is 19.4 Å². The van der Waals surface area contributed by atoms with Crippen LogP contribution in [0.2, 0.25) is 0 Å². The third kappa shape index (κ3) is 5.31. The molecule has 1 fully saturated rings. The number of urea groups is 1. The maximum Gasteiger partial charge on any atom is 0.323 e. The van der Waals surface area contributed by atoms with E-state index in [0.29, 0.717) is 31.5 Å². The highest BCUT2D eigenvalue weighted by atomic mass is 19.1. The van der Waals surface area contributed by atoms with Crippen LogP contribution >= 0.6 is 0 Å². The van der Waals surface area contributed by atoms with Gasteiger partial charge in [0.05, 0.1) is 18.1 Å². The summed E-state index contributed by atoms with van der Waals surface area (Å²) in [7, 11) is 1.70. The van der Waals surface area contributed by atoms with Crippen molar-refractivity contribution in [2.75, 3.05) is 25.5 Å². The molecule has 0 spiro atoms. The SMILES string of the molecule is CN(C(=O)Nc1cnc(-c2cc(F)cc(F)c2)cn1)C1CCN(C(=O)c2ccccc2)CC1. The molecule has 0 radical (unpaired) electrons. The van der Waals surface area contributed by atoms with Crippen molar-refractivity contribution >= 4 is 17.8 Å². The lowest BCUT2D eigenvalue weighted by Gasteiger charge is -2.36. The number of hydrogen-bond donors (Lipinski definition) is 1. The van der Waals surface area contributed by atoms with Gasteiger partial charge in [-0.2, -0.15) is 0 Å². The molecule has 170 valence electrons. The van der Waals surface area contributed by atoms with Crippen LogP contribution in [0.3, 0.4) is 0 Å². The van der Waals surface area contributed by atoms with E-state index in [-0.39, 0.29) is 35.1 Å². The number of aromatic nitrogens is 2. The number of nitrogens with zero attached hydrogens (tertiary/aromatic N) is 4. The van der Waals surface area contributed by atoms with Crippen molar-refractivity contribution in [3.8, 4) is 11.3 Å². The average molecular weight is 451 g/mol. The number of carbonyl (C=O) groups excluding carboxylic acids is 2. The number of piperidine rings is 1. The molecule has 4 rings (SSSR count). The molecular weight excluding hydrogens is 428 g/mol. The van der Waals surface area contributed by atoms with E-state index in [2.05, 4.69) is 15.3 Å². The first-order chi connectivity index (χ1) is 15.9. The van der Waals surface area contributed by atoms with Crippen LogP contribution in [0.15, 0.2) is 60.9 Å². The van der Waals surface area contributed by atoms with E-state index in [9.17, 15) is 18.4 Å². The summed E-state index contributed by atoms with van der Waals surface area (Å²) in [6, 6.07) is 11.9. The van der Waals surface area contributed by atoms with Gasteiger partial charge in [-0.05, 0) is 37.1 Å². The normalized spacial score (nSPS) is 14.1. The van der Waals surface area contributed by atoms with Crippen LogP contribution in [0, 0.1) is 11.6 Å². The molecule has 9 heteroatoms. The second-order valence-electron chi connectivity index (χ2n) is 7.88. The topological polar surface area (TPSA) is 78.4 Å². The van der Waals surface area contributed by atoms with Crippen molar-refractivity contribution in [1.29, 1.82) is 0 Å². The maximum absolute atomic E-state index is 13.4. The number of carbonyl (C=O) groups is 2. The third-order valence-electron chi connectivity index (χ3n) is 5.69. The number of amides is 3. The molecule has 1 N–H and O–H groups in total. The van der Waals surface area contributed by atoms with Gasteiger partial charge in [0.15, 0.2) is 5.82 Å². The van der Waals surface area contributed by atoms with Gasteiger partial charge in [0.25, 0.3) is 5.91 Å². The molecule has 0 bridgehead atoms. The summed E-state index contributed by atoms with van der Waals surface area (Å²) in [5.41, 5.74) is 1.20. The summed E-state index contributed by atoms with van der Waals surface area (Å²) >= 11 is 0. The molecule has 0 aliphatic carbocycles. The maximum atomic E-state index is 13.4. The number of rotatable bonds is 4. The van der Waals surface area contributed by atoms with Crippen molar-refractivity contribution < 1.29 is 18.4 Å². The van der Waals surface area contributed by atoms with Gasteiger partial charge in [-0.25, -0.2) is 18.6 Å². The summed E-state index contributed by atoms with van der Waals surface area (Å²) in [6.07, 6.45) is 4.01. The molecule has 2 aromatic carbocycles. The van der Waals surface area contributed by atoms with Crippen molar-refractivity contribution in [3.05, 3.63) is 78.1 Å². The van der Waals surface area contributed by atoms with Crippen LogP contribution in [0.1, 0.15) is 23.2 Å². The standard InChI is InChI=1S/C24H23F2N5O2/c1-30(20-7-9-31(10-8-20)23(32)16-5-3-2-4-6-16)24(33)29-22-15-27-21(14-28-22)17-11-18(25)13-19(26)12-17/h2-6,11-15,20H,7-10H2,1H3,(H,28,29,33). The Morgan fingerprint density at radius 1 is 1.00 bits per heavy atom. The highest BCUT2D eigenvalue weighted by molar-refractivity contribution is 5.94. The highest BCUT2D eigenvalue weighted by Crippen LogP contribution is 2.21. The number of anilines is 1. The minimum atomic E-state index is -0.706. The number of hydrogen-bond acceptors (Lipinski definition) is 4. The lowest BCUT2D eigenvalue weighted by Crippen LogP contribution is -2.48. The van der Waals surface area contributed by atoms with Gasteiger partial charge < -0.3 is 9.80 Å². The van der Waals surface area contributed by atoms with Crippen LogP contribution in [-0.4, -0.2) is 57.9 Å². The van der Waals surface area contributed by atoms with E-state index in [4.69, 9.17) is 0 Å². The molecule has 0 saturated carbocycles. The minimum Gasteiger partial charge on any atom is -0.338 e. The highest BCUT2D eigenvalue weighted by Gasteiger charge is 2.28. The van der Waals surface area contributed by atoms with Crippen molar-refractivity contribution in [2.45, 2.75) is 18.9 Å². The van der Waals surface area contributed by atoms with Gasteiger partial charge in [0, 0.05) is 43.4 Å². The smallest absolute Gasteiger partial charge is 0.323 e. The Kier molecular flexibility index (Phi) is 6.58. The zero-order valence-corrected chi connectivity index (χ0v) is 18.0. The van der Waals surface area contributed by atoms with E-state index in [1.54, 1.807) is 29.0 Å². The van der Waals surface area contributed by atoms with Gasteiger partial charge >= 0.3 is 6.03 Å². The molecule has 1 aromatic heterocycles. The Morgan fingerprint density at radius 3 is 2.27 bits per heavy atom. The van der Waals surface area contributed by atoms with E-state index >= 15 is 0 Å². The van der Waals surface area contributed by atoms with Gasteiger partial charge in [-0.15, -0.1) is 0 Å². The van der Waals surface area contributed by atoms with Crippen molar-refractivity contribution in [2.24, 2.45) is 0 Å².